The molecule has 0 aromatic heterocycles. The second-order valence-corrected chi connectivity index (χ2v) is 5.98. The first-order chi connectivity index (χ1) is 11.8. The van der Waals surface area contributed by atoms with Crippen LogP contribution in [0.5, 0.6) is 5.75 Å². The van der Waals surface area contributed by atoms with E-state index in [0.29, 0.717) is 10.0 Å². The number of hydrogen-bond donors (Lipinski definition) is 2. The van der Waals surface area contributed by atoms with Gasteiger partial charge in [0.2, 0.25) is 0 Å². The molecule has 8 nitrogen and oxygen atoms in total. The van der Waals surface area contributed by atoms with Gasteiger partial charge in [-0.15, -0.1) is 0 Å². The number of nitrogens with one attached hydrogen (secondary N) is 1. The molecule has 0 saturated carbocycles. The minimum Gasteiger partial charge on any atom is -0.478 e. The van der Waals surface area contributed by atoms with Crippen molar-refractivity contribution in [3.8, 4) is 5.75 Å². The molecule has 0 fully saturated rings. The van der Waals surface area contributed by atoms with Gasteiger partial charge in [-0.25, -0.2) is 4.79 Å². The number of carboxylic acid groups (broad SMARTS) is 1. The Hall–Kier alpha value is -2.94. The quantitative estimate of drug-likeness (QED) is 0.558. The molecule has 0 atom stereocenters. The van der Waals surface area contributed by atoms with Crippen molar-refractivity contribution in [1.82, 2.24) is 0 Å². The summed E-state index contributed by atoms with van der Waals surface area (Å²) in [6.45, 7) is 1.20. The van der Waals surface area contributed by atoms with Crippen LogP contribution in [-0.4, -0.2) is 28.5 Å². The molecule has 0 spiro atoms. The second kappa shape index (κ2) is 7.75. The van der Waals surface area contributed by atoms with Gasteiger partial charge in [0.25, 0.3) is 5.91 Å². The van der Waals surface area contributed by atoms with Crippen molar-refractivity contribution in [2.75, 3.05) is 11.9 Å². The minimum absolute atomic E-state index is 0.0417. The SMILES string of the molecule is Cc1ccc(OCC(=O)Nc2ccc(Br)cc2C(=O)O)c([N+](=O)[O-])c1. The molecule has 0 saturated heterocycles. The van der Waals surface area contributed by atoms with Crippen molar-refractivity contribution in [2.24, 2.45) is 0 Å². The highest BCUT2D eigenvalue weighted by atomic mass is 79.9. The fraction of sp³-hybridized carbons (Fsp3) is 0.125. The van der Waals surface area contributed by atoms with Crippen LogP contribution in [0, 0.1) is 17.0 Å². The van der Waals surface area contributed by atoms with Gasteiger partial charge >= 0.3 is 11.7 Å². The number of ether oxygens (including phenoxy) is 1. The minimum atomic E-state index is -1.20. The maximum atomic E-state index is 12.0. The van der Waals surface area contributed by atoms with Crippen molar-refractivity contribution in [2.45, 2.75) is 6.92 Å². The van der Waals surface area contributed by atoms with Crippen molar-refractivity contribution >= 4 is 39.2 Å². The predicted molar refractivity (Wildman–Crippen MR) is 93.1 cm³/mol. The molecular weight excluding hydrogens is 396 g/mol. The number of amides is 1. The number of anilines is 1. The van der Waals surface area contributed by atoms with E-state index in [0.717, 1.165) is 0 Å². The molecule has 0 aliphatic heterocycles. The number of nitrogens with zero attached hydrogens (tertiary/aromatic N) is 1. The molecule has 130 valence electrons. The number of nitro benzene ring substituents is 1. The van der Waals surface area contributed by atoms with E-state index in [1.807, 2.05) is 0 Å². The average Bonchev–Trinajstić information content (AvgIpc) is 2.55. The first kappa shape index (κ1) is 18.4. The number of carbonyl (C=O) groups excluding carboxylic acids is 1. The number of halogens is 1. The molecule has 9 heteroatoms. The number of aryl methyl sites for hydroxylation is 1. The Morgan fingerprint density at radius 2 is 2.00 bits per heavy atom. The van der Waals surface area contributed by atoms with Crippen molar-refractivity contribution in [1.29, 1.82) is 0 Å². The molecule has 25 heavy (non-hydrogen) atoms. The summed E-state index contributed by atoms with van der Waals surface area (Å²) in [5, 5.41) is 22.6. The lowest BCUT2D eigenvalue weighted by Crippen LogP contribution is -2.21. The molecule has 1 amide bonds. The molecule has 2 aromatic carbocycles. The number of benzene rings is 2. The largest absolute Gasteiger partial charge is 0.478 e. The number of carboxylic acids is 1. The first-order valence-corrected chi connectivity index (χ1v) is 7.78. The normalized spacial score (nSPS) is 10.2. The van der Waals surface area contributed by atoms with Crippen LogP contribution >= 0.6 is 15.9 Å². The fourth-order valence-corrected chi connectivity index (χ4v) is 2.39. The van der Waals surface area contributed by atoms with E-state index in [1.165, 1.54) is 24.3 Å². The third kappa shape index (κ3) is 4.77. The Kier molecular flexibility index (Phi) is 5.71. The zero-order valence-corrected chi connectivity index (χ0v) is 14.6. The van der Waals surface area contributed by atoms with Gasteiger partial charge in [0.05, 0.1) is 16.2 Å². The molecule has 0 unspecified atom stereocenters. The van der Waals surface area contributed by atoms with Gasteiger partial charge in [0, 0.05) is 10.5 Å². The summed E-state index contributed by atoms with van der Waals surface area (Å²) in [6, 6.07) is 8.72. The summed E-state index contributed by atoms with van der Waals surface area (Å²) in [4.78, 5) is 33.6. The standard InChI is InChI=1S/C16H13BrN2O6/c1-9-2-5-14(13(6-9)19(23)24)25-8-15(20)18-12-4-3-10(17)7-11(12)16(21)22/h2-7H,8H2,1H3,(H,18,20)(H,21,22). The summed E-state index contributed by atoms with van der Waals surface area (Å²) in [6.07, 6.45) is 0. The van der Waals surface area contributed by atoms with Crippen LogP contribution < -0.4 is 10.1 Å². The van der Waals surface area contributed by atoms with E-state index in [1.54, 1.807) is 19.1 Å². The van der Waals surface area contributed by atoms with E-state index < -0.39 is 23.4 Å². The smallest absolute Gasteiger partial charge is 0.337 e. The lowest BCUT2D eigenvalue weighted by Gasteiger charge is -2.10. The molecule has 2 N–H and O–H groups in total. The maximum Gasteiger partial charge on any atom is 0.337 e. The third-order valence-corrected chi connectivity index (χ3v) is 3.65. The van der Waals surface area contributed by atoms with Gasteiger partial charge in [-0.3, -0.25) is 14.9 Å². The Morgan fingerprint density at radius 3 is 2.64 bits per heavy atom. The predicted octanol–water partition coefficient (Wildman–Crippen LogP) is 3.38. The van der Waals surface area contributed by atoms with E-state index in [4.69, 9.17) is 9.84 Å². The van der Waals surface area contributed by atoms with Gasteiger partial charge in [-0.2, -0.15) is 0 Å². The zero-order chi connectivity index (χ0) is 18.6. The number of carbonyl (C=O) groups is 2. The Morgan fingerprint density at radius 1 is 1.28 bits per heavy atom. The van der Waals surface area contributed by atoms with Gasteiger partial charge in [-0.05, 0) is 36.8 Å². The number of hydrogen-bond acceptors (Lipinski definition) is 5. The van der Waals surface area contributed by atoms with Crippen LogP contribution in [0.4, 0.5) is 11.4 Å². The first-order valence-electron chi connectivity index (χ1n) is 6.98. The van der Waals surface area contributed by atoms with Crippen LogP contribution in [0.3, 0.4) is 0 Å². The Bertz CT molecular complexity index is 853. The van der Waals surface area contributed by atoms with E-state index >= 15 is 0 Å². The van der Waals surface area contributed by atoms with Gasteiger partial charge < -0.3 is 15.2 Å². The molecule has 2 aromatic rings. The summed E-state index contributed by atoms with van der Waals surface area (Å²) in [5.74, 6) is -1.88. The lowest BCUT2D eigenvalue weighted by molar-refractivity contribution is -0.385. The Labute approximate surface area is 150 Å². The molecule has 2 rings (SSSR count). The second-order valence-electron chi connectivity index (χ2n) is 5.06. The topological polar surface area (TPSA) is 119 Å². The highest BCUT2D eigenvalue weighted by molar-refractivity contribution is 9.10. The van der Waals surface area contributed by atoms with E-state index in [2.05, 4.69) is 21.2 Å². The highest BCUT2D eigenvalue weighted by Gasteiger charge is 2.17. The molecule has 0 heterocycles. The van der Waals surface area contributed by atoms with Crippen LogP contribution in [-0.2, 0) is 4.79 Å². The fourth-order valence-electron chi connectivity index (χ4n) is 2.02. The van der Waals surface area contributed by atoms with E-state index in [-0.39, 0.29) is 22.7 Å². The van der Waals surface area contributed by atoms with Crippen LogP contribution in [0.15, 0.2) is 40.9 Å². The zero-order valence-electron chi connectivity index (χ0n) is 13.0. The third-order valence-electron chi connectivity index (χ3n) is 3.16. The van der Waals surface area contributed by atoms with Crippen molar-refractivity contribution in [3.63, 3.8) is 0 Å². The molecule has 0 aliphatic carbocycles. The molecule has 0 aliphatic rings. The highest BCUT2D eigenvalue weighted by Crippen LogP contribution is 2.27. The number of nitro groups is 1. The average molecular weight is 409 g/mol. The van der Waals surface area contributed by atoms with Crippen LogP contribution in [0.1, 0.15) is 15.9 Å². The monoisotopic (exact) mass is 408 g/mol. The number of rotatable bonds is 6. The van der Waals surface area contributed by atoms with Crippen molar-refractivity contribution < 1.29 is 24.4 Å². The summed E-state index contributed by atoms with van der Waals surface area (Å²) in [7, 11) is 0. The van der Waals surface area contributed by atoms with Gasteiger partial charge in [0.15, 0.2) is 12.4 Å². The van der Waals surface area contributed by atoms with Gasteiger partial charge in [-0.1, -0.05) is 22.0 Å². The summed E-state index contributed by atoms with van der Waals surface area (Å²) in [5.41, 5.74) is 0.443. The Balaban J connectivity index is 2.10. The lowest BCUT2D eigenvalue weighted by atomic mass is 10.2. The van der Waals surface area contributed by atoms with Crippen LogP contribution in [0.2, 0.25) is 0 Å². The van der Waals surface area contributed by atoms with Gasteiger partial charge in [0.1, 0.15) is 0 Å². The summed E-state index contributed by atoms with van der Waals surface area (Å²) < 4.78 is 5.75. The van der Waals surface area contributed by atoms with Crippen molar-refractivity contribution in [3.05, 3.63) is 62.1 Å². The molecular formula is C16H13BrN2O6. The van der Waals surface area contributed by atoms with Crippen LogP contribution in [0.25, 0.3) is 0 Å². The molecule has 0 radical (unpaired) electrons. The summed E-state index contributed by atoms with van der Waals surface area (Å²) >= 11 is 3.15. The van der Waals surface area contributed by atoms with E-state index in [9.17, 15) is 19.7 Å². The molecule has 0 bridgehead atoms. The maximum absolute atomic E-state index is 12.0. The number of aromatic carboxylic acids is 1.